The smallest absolute Gasteiger partial charge is 0.0573 e. The monoisotopic (exact) mass is 168 g/mol. The summed E-state index contributed by atoms with van der Waals surface area (Å²) in [6, 6.07) is 0. The van der Waals surface area contributed by atoms with E-state index in [4.69, 9.17) is 6.42 Å². The van der Waals surface area contributed by atoms with Gasteiger partial charge in [-0.05, 0) is 33.0 Å². The first kappa shape index (κ1) is 11.5. The Morgan fingerprint density at radius 2 is 1.75 bits per heavy atom. The third-order valence-electron chi connectivity index (χ3n) is 1.76. The molecule has 0 aromatic heterocycles. The van der Waals surface area contributed by atoms with Gasteiger partial charge in [-0.25, -0.2) is 0 Å². The minimum Gasteiger partial charge on any atom is -0.320 e. The van der Waals surface area contributed by atoms with E-state index in [-0.39, 0.29) is 0 Å². The van der Waals surface area contributed by atoms with Crippen molar-refractivity contribution in [3.05, 3.63) is 0 Å². The lowest BCUT2D eigenvalue weighted by Crippen LogP contribution is -2.15. The van der Waals surface area contributed by atoms with Crippen LogP contribution in [0.2, 0.25) is 0 Å². The zero-order valence-electron chi connectivity index (χ0n) is 8.03. The molecular formula is C10H20N2. The van der Waals surface area contributed by atoms with Crippen LogP contribution in [0.3, 0.4) is 0 Å². The number of rotatable bonds is 8. The maximum atomic E-state index is 5.09. The number of unbranched alkanes of at least 4 members (excludes halogenated alkanes) is 3. The molecule has 0 aromatic rings. The average Bonchev–Trinajstić information content (AvgIpc) is 2.10. The van der Waals surface area contributed by atoms with Crippen LogP contribution >= 0.6 is 0 Å². The first-order valence-electron chi connectivity index (χ1n) is 4.70. The van der Waals surface area contributed by atoms with E-state index in [0.717, 1.165) is 13.1 Å². The van der Waals surface area contributed by atoms with Gasteiger partial charge >= 0.3 is 0 Å². The van der Waals surface area contributed by atoms with Crippen molar-refractivity contribution in [2.24, 2.45) is 0 Å². The highest BCUT2D eigenvalue weighted by Crippen LogP contribution is 1.96. The minimum atomic E-state index is 0.705. The molecule has 2 nitrogen and oxygen atoms in total. The normalized spacial score (nSPS) is 9.67. The molecular weight excluding hydrogens is 148 g/mol. The Morgan fingerprint density at radius 3 is 2.33 bits per heavy atom. The highest BCUT2D eigenvalue weighted by molar-refractivity contribution is 4.86. The first-order chi connectivity index (χ1) is 5.91. The Bertz CT molecular complexity index is 115. The summed E-state index contributed by atoms with van der Waals surface area (Å²) in [5.41, 5.74) is 0. The fourth-order valence-electron chi connectivity index (χ4n) is 1.07. The van der Waals surface area contributed by atoms with Gasteiger partial charge in [0.25, 0.3) is 0 Å². The Labute approximate surface area is 76.1 Å². The summed E-state index contributed by atoms with van der Waals surface area (Å²) < 4.78 is 0. The van der Waals surface area contributed by atoms with Crippen LogP contribution < -0.4 is 10.6 Å². The molecule has 70 valence electrons. The summed E-state index contributed by atoms with van der Waals surface area (Å²) in [7, 11) is 1.99. The predicted molar refractivity (Wildman–Crippen MR) is 54.1 cm³/mol. The predicted octanol–water partition coefficient (Wildman–Crippen LogP) is 0.989. The fourth-order valence-corrected chi connectivity index (χ4v) is 1.07. The Morgan fingerprint density at radius 1 is 1.08 bits per heavy atom. The van der Waals surface area contributed by atoms with Crippen molar-refractivity contribution in [3.8, 4) is 12.3 Å². The summed E-state index contributed by atoms with van der Waals surface area (Å²) in [6.45, 7) is 2.90. The lowest BCUT2D eigenvalue weighted by molar-refractivity contribution is 0.593. The largest absolute Gasteiger partial charge is 0.320 e. The molecule has 0 fully saturated rings. The number of hydrogen-bond donors (Lipinski definition) is 2. The molecule has 0 aromatic carbocycles. The molecule has 0 atom stereocenters. The van der Waals surface area contributed by atoms with Gasteiger partial charge < -0.3 is 10.6 Å². The van der Waals surface area contributed by atoms with E-state index in [1.165, 1.54) is 25.7 Å². The summed E-state index contributed by atoms with van der Waals surface area (Å²) in [6.07, 6.45) is 10.2. The van der Waals surface area contributed by atoms with Crippen molar-refractivity contribution < 1.29 is 0 Å². The average molecular weight is 168 g/mol. The second-order valence-electron chi connectivity index (χ2n) is 2.90. The van der Waals surface area contributed by atoms with E-state index in [9.17, 15) is 0 Å². The molecule has 0 spiro atoms. The van der Waals surface area contributed by atoms with Gasteiger partial charge in [0.2, 0.25) is 0 Å². The van der Waals surface area contributed by atoms with E-state index < -0.39 is 0 Å². The molecule has 0 aliphatic heterocycles. The van der Waals surface area contributed by atoms with Gasteiger partial charge in [-0.1, -0.05) is 18.8 Å². The molecule has 0 bridgehead atoms. The zero-order chi connectivity index (χ0) is 9.07. The summed E-state index contributed by atoms with van der Waals surface area (Å²) in [4.78, 5) is 0. The summed E-state index contributed by atoms with van der Waals surface area (Å²) in [5.74, 6) is 2.56. The Kier molecular flexibility index (Phi) is 10.0. The molecule has 0 heterocycles. The molecule has 0 radical (unpaired) electrons. The van der Waals surface area contributed by atoms with Gasteiger partial charge in [0.05, 0.1) is 6.54 Å². The maximum absolute atomic E-state index is 5.09. The van der Waals surface area contributed by atoms with E-state index >= 15 is 0 Å². The van der Waals surface area contributed by atoms with Crippen LogP contribution in [0.4, 0.5) is 0 Å². The molecule has 0 saturated carbocycles. The van der Waals surface area contributed by atoms with E-state index in [0.29, 0.717) is 6.54 Å². The molecule has 2 N–H and O–H groups in total. The topological polar surface area (TPSA) is 24.1 Å². The van der Waals surface area contributed by atoms with Crippen LogP contribution in [-0.4, -0.2) is 26.7 Å². The minimum absolute atomic E-state index is 0.705. The highest BCUT2D eigenvalue weighted by Gasteiger charge is 1.88. The molecule has 0 aliphatic carbocycles. The maximum Gasteiger partial charge on any atom is 0.0573 e. The van der Waals surface area contributed by atoms with Crippen LogP contribution in [0.15, 0.2) is 0 Å². The van der Waals surface area contributed by atoms with Gasteiger partial charge in [0, 0.05) is 0 Å². The van der Waals surface area contributed by atoms with E-state index in [2.05, 4.69) is 16.6 Å². The van der Waals surface area contributed by atoms with E-state index in [1.54, 1.807) is 0 Å². The van der Waals surface area contributed by atoms with Crippen LogP contribution in [0.5, 0.6) is 0 Å². The van der Waals surface area contributed by atoms with Crippen molar-refractivity contribution in [3.63, 3.8) is 0 Å². The van der Waals surface area contributed by atoms with Gasteiger partial charge in [-0.15, -0.1) is 6.42 Å². The summed E-state index contributed by atoms with van der Waals surface area (Å²) >= 11 is 0. The van der Waals surface area contributed by atoms with Crippen molar-refractivity contribution in [2.75, 3.05) is 26.7 Å². The van der Waals surface area contributed by atoms with Crippen LogP contribution in [0.1, 0.15) is 25.7 Å². The van der Waals surface area contributed by atoms with Gasteiger partial charge in [-0.2, -0.15) is 0 Å². The lowest BCUT2D eigenvalue weighted by Gasteiger charge is -2.01. The second kappa shape index (κ2) is 10.5. The van der Waals surface area contributed by atoms with E-state index in [1.807, 2.05) is 7.05 Å². The zero-order valence-corrected chi connectivity index (χ0v) is 8.03. The second-order valence-corrected chi connectivity index (χ2v) is 2.90. The molecule has 0 saturated heterocycles. The highest BCUT2D eigenvalue weighted by atomic mass is 14.8. The van der Waals surface area contributed by atoms with Gasteiger partial charge in [0.1, 0.15) is 0 Å². The standard InChI is InChI=1S/C10H20N2/c1-3-8-12-10-7-5-4-6-9-11-2/h1,11-12H,4-10H2,2H3. The SMILES string of the molecule is C#CCNCCCCCCNC. The van der Waals surface area contributed by atoms with Crippen molar-refractivity contribution in [1.82, 2.24) is 10.6 Å². The molecule has 0 unspecified atom stereocenters. The van der Waals surface area contributed by atoms with Crippen LogP contribution in [0, 0.1) is 12.3 Å². The first-order valence-corrected chi connectivity index (χ1v) is 4.70. The van der Waals surface area contributed by atoms with Crippen molar-refractivity contribution >= 4 is 0 Å². The van der Waals surface area contributed by atoms with Crippen molar-refractivity contribution in [1.29, 1.82) is 0 Å². The van der Waals surface area contributed by atoms with Crippen LogP contribution in [-0.2, 0) is 0 Å². The van der Waals surface area contributed by atoms with Gasteiger partial charge in [-0.3, -0.25) is 0 Å². The molecule has 0 aliphatic rings. The lowest BCUT2D eigenvalue weighted by atomic mass is 10.2. The molecule has 2 heteroatoms. The number of terminal acetylenes is 1. The molecule has 0 amide bonds. The Hall–Kier alpha value is -0.520. The number of nitrogens with one attached hydrogen (secondary N) is 2. The fraction of sp³-hybridized carbons (Fsp3) is 0.800. The Balaban J connectivity index is 2.78. The van der Waals surface area contributed by atoms with Crippen molar-refractivity contribution in [2.45, 2.75) is 25.7 Å². The molecule has 12 heavy (non-hydrogen) atoms. The van der Waals surface area contributed by atoms with Crippen LogP contribution in [0.25, 0.3) is 0 Å². The van der Waals surface area contributed by atoms with Gasteiger partial charge in [0.15, 0.2) is 0 Å². The number of hydrogen-bond acceptors (Lipinski definition) is 2. The molecule has 0 rings (SSSR count). The third kappa shape index (κ3) is 9.48. The quantitative estimate of drug-likeness (QED) is 0.417. The third-order valence-corrected chi connectivity index (χ3v) is 1.76. The summed E-state index contributed by atoms with van der Waals surface area (Å²) in [5, 5.41) is 6.31.